The Morgan fingerprint density at radius 2 is 2.11 bits per heavy atom. The number of benzene rings is 1. The Kier molecular flexibility index (Phi) is 2.43. The molecule has 0 radical (unpaired) electrons. The van der Waals surface area contributed by atoms with E-state index in [2.05, 4.69) is 15.9 Å². The lowest BCUT2D eigenvalue weighted by Gasteiger charge is -2.11. The zero-order valence-electron chi connectivity index (χ0n) is 10.4. The molecule has 1 spiro atoms. The first-order valence-corrected chi connectivity index (χ1v) is 6.96. The lowest BCUT2D eigenvalue weighted by Crippen LogP contribution is -2.27. The van der Waals surface area contributed by atoms with Crippen molar-refractivity contribution in [2.24, 2.45) is 0 Å². The van der Waals surface area contributed by atoms with Gasteiger partial charge in [0.15, 0.2) is 5.78 Å². The molecule has 1 aliphatic heterocycles. The number of rotatable bonds is 2. The Morgan fingerprint density at radius 1 is 1.44 bits per heavy atom. The minimum absolute atomic E-state index is 0.113. The average molecular weight is 308 g/mol. The number of likely N-dealkylation sites (N-methyl/N-ethyl adjacent to an activating group) is 1. The van der Waals surface area contributed by atoms with Crippen LogP contribution < -0.4 is 4.90 Å². The summed E-state index contributed by atoms with van der Waals surface area (Å²) >= 11 is 3.44. The first-order valence-electron chi connectivity index (χ1n) is 6.16. The second kappa shape index (κ2) is 3.67. The summed E-state index contributed by atoms with van der Waals surface area (Å²) in [5.41, 5.74) is 2.37. The maximum absolute atomic E-state index is 12.2. The summed E-state index contributed by atoms with van der Waals surface area (Å²) in [6, 6.07) is 3.82. The zero-order chi connectivity index (χ0) is 13.1. The highest BCUT2D eigenvalue weighted by molar-refractivity contribution is 9.10. The van der Waals surface area contributed by atoms with Gasteiger partial charge in [-0.15, -0.1) is 0 Å². The standard InChI is InChI=1S/C14H14BrNO2/c1-3-12(17)8-6-9-11(7-10(8)15)16(2)13(18)14(9)4-5-14/h6-7H,3-5H2,1-2H3. The normalized spacial score (nSPS) is 19.3. The molecule has 1 amide bonds. The number of carbonyl (C=O) groups excluding carboxylic acids is 2. The molecule has 4 heteroatoms. The lowest BCUT2D eigenvalue weighted by molar-refractivity contribution is -0.119. The van der Waals surface area contributed by atoms with Gasteiger partial charge in [-0.1, -0.05) is 6.92 Å². The molecule has 94 valence electrons. The summed E-state index contributed by atoms with van der Waals surface area (Å²) in [7, 11) is 1.81. The van der Waals surface area contributed by atoms with Crippen molar-refractivity contribution in [3.8, 4) is 0 Å². The number of hydrogen-bond donors (Lipinski definition) is 0. The predicted molar refractivity (Wildman–Crippen MR) is 73.1 cm³/mol. The molecule has 3 nitrogen and oxygen atoms in total. The maximum Gasteiger partial charge on any atom is 0.237 e. The van der Waals surface area contributed by atoms with E-state index in [-0.39, 0.29) is 17.1 Å². The van der Waals surface area contributed by atoms with Gasteiger partial charge in [0.05, 0.1) is 5.41 Å². The van der Waals surface area contributed by atoms with Gasteiger partial charge in [0.25, 0.3) is 0 Å². The average Bonchev–Trinajstić information content (AvgIpc) is 3.13. The number of hydrogen-bond acceptors (Lipinski definition) is 2. The van der Waals surface area contributed by atoms with Crippen molar-refractivity contribution in [1.29, 1.82) is 0 Å². The third-order valence-corrected chi connectivity index (χ3v) is 4.70. The van der Waals surface area contributed by atoms with Crippen molar-refractivity contribution >= 4 is 33.3 Å². The third-order valence-electron chi connectivity index (χ3n) is 4.05. The molecular formula is C14H14BrNO2. The van der Waals surface area contributed by atoms with Gasteiger partial charge in [0.2, 0.25) is 5.91 Å². The fourth-order valence-electron chi connectivity index (χ4n) is 2.78. The van der Waals surface area contributed by atoms with Crippen LogP contribution in [-0.4, -0.2) is 18.7 Å². The number of Topliss-reactive ketones (excluding diaryl/α,β-unsaturated/α-hetero) is 1. The minimum Gasteiger partial charge on any atom is -0.314 e. The van der Waals surface area contributed by atoms with Crippen LogP contribution >= 0.6 is 15.9 Å². The van der Waals surface area contributed by atoms with Gasteiger partial charge in [-0.2, -0.15) is 0 Å². The summed E-state index contributed by atoms with van der Waals surface area (Å²) in [6.07, 6.45) is 2.29. The molecular weight excluding hydrogens is 294 g/mol. The van der Waals surface area contributed by atoms with Gasteiger partial charge in [0, 0.05) is 29.2 Å². The quantitative estimate of drug-likeness (QED) is 0.788. The molecule has 2 aliphatic rings. The molecule has 18 heavy (non-hydrogen) atoms. The molecule has 0 unspecified atom stereocenters. The Labute approximate surface area is 114 Å². The lowest BCUT2D eigenvalue weighted by atomic mass is 9.94. The van der Waals surface area contributed by atoms with E-state index in [9.17, 15) is 9.59 Å². The molecule has 0 saturated heterocycles. The van der Waals surface area contributed by atoms with Gasteiger partial charge >= 0.3 is 0 Å². The largest absolute Gasteiger partial charge is 0.314 e. The molecule has 1 aliphatic carbocycles. The van der Waals surface area contributed by atoms with Crippen LogP contribution in [0, 0.1) is 0 Å². The minimum atomic E-state index is -0.312. The zero-order valence-corrected chi connectivity index (χ0v) is 12.0. The highest BCUT2D eigenvalue weighted by Gasteiger charge is 2.58. The molecule has 0 N–H and O–H groups in total. The van der Waals surface area contributed by atoms with Crippen LogP contribution in [0.25, 0.3) is 0 Å². The molecule has 3 rings (SSSR count). The van der Waals surface area contributed by atoms with E-state index < -0.39 is 0 Å². The fraction of sp³-hybridized carbons (Fsp3) is 0.429. The fourth-order valence-corrected chi connectivity index (χ4v) is 3.33. The Morgan fingerprint density at radius 3 is 2.67 bits per heavy atom. The van der Waals surface area contributed by atoms with Gasteiger partial charge < -0.3 is 4.90 Å². The number of fused-ring (bicyclic) bond motifs is 2. The number of halogens is 1. The van der Waals surface area contributed by atoms with E-state index in [0.29, 0.717) is 12.0 Å². The topological polar surface area (TPSA) is 37.4 Å². The number of anilines is 1. The first-order chi connectivity index (χ1) is 8.51. The Hall–Kier alpha value is -1.16. The van der Waals surface area contributed by atoms with E-state index in [1.807, 2.05) is 26.1 Å². The van der Waals surface area contributed by atoms with E-state index in [4.69, 9.17) is 0 Å². The number of nitrogens with zero attached hydrogens (tertiary/aromatic N) is 1. The van der Waals surface area contributed by atoms with Crippen molar-refractivity contribution in [3.05, 3.63) is 27.7 Å². The maximum atomic E-state index is 12.2. The number of amides is 1. The Balaban J connectivity index is 2.20. The van der Waals surface area contributed by atoms with Gasteiger partial charge in [-0.3, -0.25) is 9.59 Å². The van der Waals surface area contributed by atoms with Crippen molar-refractivity contribution in [2.45, 2.75) is 31.6 Å². The molecule has 1 heterocycles. The van der Waals surface area contributed by atoms with Crippen LogP contribution in [0.2, 0.25) is 0 Å². The van der Waals surface area contributed by atoms with Crippen molar-refractivity contribution < 1.29 is 9.59 Å². The van der Waals surface area contributed by atoms with Crippen LogP contribution in [0.4, 0.5) is 5.69 Å². The summed E-state index contributed by atoms with van der Waals surface area (Å²) in [4.78, 5) is 25.8. The number of ketones is 1. The van der Waals surface area contributed by atoms with Crippen LogP contribution in [0.15, 0.2) is 16.6 Å². The molecule has 0 aromatic heterocycles. The van der Waals surface area contributed by atoms with Crippen LogP contribution in [0.5, 0.6) is 0 Å². The molecule has 0 atom stereocenters. The highest BCUT2D eigenvalue weighted by Crippen LogP contribution is 2.57. The van der Waals surface area contributed by atoms with Crippen molar-refractivity contribution in [1.82, 2.24) is 0 Å². The number of carbonyl (C=O) groups is 2. The predicted octanol–water partition coefficient (Wildman–Crippen LogP) is 3.05. The summed E-state index contributed by atoms with van der Waals surface area (Å²) < 4.78 is 0.783. The second-order valence-corrected chi connectivity index (χ2v) is 5.93. The van der Waals surface area contributed by atoms with E-state index in [1.165, 1.54) is 0 Å². The Bertz CT molecular complexity index is 575. The SMILES string of the molecule is CCC(=O)c1cc2c(cc1Br)N(C)C(=O)C21CC1. The van der Waals surface area contributed by atoms with Gasteiger partial charge in [0.1, 0.15) is 0 Å². The van der Waals surface area contributed by atoms with Gasteiger partial charge in [-0.25, -0.2) is 0 Å². The summed E-state index contributed by atoms with van der Waals surface area (Å²) in [5.74, 6) is 0.285. The molecule has 0 bridgehead atoms. The van der Waals surface area contributed by atoms with Crippen molar-refractivity contribution in [2.75, 3.05) is 11.9 Å². The monoisotopic (exact) mass is 307 g/mol. The molecule has 1 saturated carbocycles. The van der Waals surface area contributed by atoms with Crippen LogP contribution in [0.3, 0.4) is 0 Å². The van der Waals surface area contributed by atoms with Crippen molar-refractivity contribution in [3.63, 3.8) is 0 Å². The third kappa shape index (κ3) is 1.35. The van der Waals surface area contributed by atoms with Crippen LogP contribution in [0.1, 0.15) is 42.1 Å². The van der Waals surface area contributed by atoms with E-state index >= 15 is 0 Å². The summed E-state index contributed by atoms with van der Waals surface area (Å²) in [6.45, 7) is 1.85. The summed E-state index contributed by atoms with van der Waals surface area (Å²) in [5, 5.41) is 0. The first kappa shape index (κ1) is 11.9. The highest BCUT2D eigenvalue weighted by atomic mass is 79.9. The second-order valence-electron chi connectivity index (χ2n) is 5.07. The van der Waals surface area contributed by atoms with E-state index in [0.717, 1.165) is 28.6 Å². The molecule has 1 fully saturated rings. The van der Waals surface area contributed by atoms with Crippen LogP contribution in [-0.2, 0) is 10.2 Å². The molecule has 1 aromatic carbocycles. The molecule has 1 aromatic rings. The van der Waals surface area contributed by atoms with E-state index in [1.54, 1.807) is 4.90 Å². The smallest absolute Gasteiger partial charge is 0.237 e. The van der Waals surface area contributed by atoms with Gasteiger partial charge in [-0.05, 0) is 46.5 Å².